The summed E-state index contributed by atoms with van der Waals surface area (Å²) < 4.78 is 11.9. The van der Waals surface area contributed by atoms with E-state index >= 15 is 0 Å². The average molecular weight is 348 g/mol. The Morgan fingerprint density at radius 3 is 2.92 bits per heavy atom. The molecule has 6 heteroatoms. The van der Waals surface area contributed by atoms with Gasteiger partial charge in [0.25, 0.3) is 0 Å². The lowest BCUT2D eigenvalue weighted by molar-refractivity contribution is -0.170. The van der Waals surface area contributed by atoms with Crippen LogP contribution >= 0.6 is 11.8 Å². The number of amides is 1. The first-order valence-corrected chi connectivity index (χ1v) is 9.97. The highest BCUT2D eigenvalue weighted by Gasteiger charge is 2.55. The maximum absolute atomic E-state index is 12.6. The first kappa shape index (κ1) is 16.2. The van der Waals surface area contributed by atoms with E-state index in [2.05, 4.69) is 4.98 Å². The van der Waals surface area contributed by atoms with E-state index in [1.807, 2.05) is 34.9 Å². The molecule has 0 bridgehead atoms. The molecule has 0 N–H and O–H groups in total. The summed E-state index contributed by atoms with van der Waals surface area (Å²) in [5.74, 6) is 3.80. The van der Waals surface area contributed by atoms with Crippen LogP contribution in [0.5, 0.6) is 5.88 Å². The molecule has 0 unspecified atom stereocenters. The van der Waals surface area contributed by atoms with E-state index < -0.39 is 0 Å². The summed E-state index contributed by atoms with van der Waals surface area (Å²) in [5, 5.41) is 0. The standard InChI is InChI=1S/C18H24N2O3S/c21-17(14-5-9-24-10-6-14)20-12-18(13-20)15(4-8-23-18)11-22-16-3-1-2-7-19-16/h1-3,7,14-15H,4-6,8-13H2/t15-/m1/s1. The summed E-state index contributed by atoms with van der Waals surface area (Å²) in [7, 11) is 0. The highest BCUT2D eigenvalue weighted by atomic mass is 32.2. The first-order chi connectivity index (χ1) is 11.8. The molecule has 1 aromatic heterocycles. The number of carbonyl (C=O) groups excluding carboxylic acids is 1. The first-order valence-electron chi connectivity index (χ1n) is 8.81. The molecule has 4 rings (SSSR count). The molecule has 0 aromatic carbocycles. The fraction of sp³-hybridized carbons (Fsp3) is 0.667. The van der Waals surface area contributed by atoms with E-state index in [-0.39, 0.29) is 11.5 Å². The van der Waals surface area contributed by atoms with E-state index in [4.69, 9.17) is 9.47 Å². The van der Waals surface area contributed by atoms with E-state index in [0.717, 1.165) is 50.5 Å². The number of likely N-dealkylation sites (tertiary alicyclic amines) is 1. The number of carbonyl (C=O) groups is 1. The van der Waals surface area contributed by atoms with Crippen LogP contribution in [0.25, 0.3) is 0 Å². The molecule has 24 heavy (non-hydrogen) atoms. The number of hydrogen-bond donors (Lipinski definition) is 0. The van der Waals surface area contributed by atoms with Crippen molar-refractivity contribution in [2.75, 3.05) is 37.8 Å². The normalized spacial score (nSPS) is 26.3. The Morgan fingerprint density at radius 2 is 2.17 bits per heavy atom. The Labute approximate surface area is 147 Å². The van der Waals surface area contributed by atoms with Gasteiger partial charge in [0, 0.05) is 30.7 Å². The van der Waals surface area contributed by atoms with Gasteiger partial charge < -0.3 is 14.4 Å². The molecule has 130 valence electrons. The second kappa shape index (κ2) is 6.92. The smallest absolute Gasteiger partial charge is 0.225 e. The molecule has 3 aliphatic heterocycles. The van der Waals surface area contributed by atoms with Gasteiger partial charge in [-0.15, -0.1) is 0 Å². The zero-order valence-corrected chi connectivity index (χ0v) is 14.7. The topological polar surface area (TPSA) is 51.7 Å². The lowest BCUT2D eigenvalue weighted by Crippen LogP contribution is -2.67. The number of ether oxygens (including phenoxy) is 2. The second-order valence-electron chi connectivity index (χ2n) is 6.96. The molecular formula is C18H24N2O3S. The van der Waals surface area contributed by atoms with Gasteiger partial charge in [-0.25, -0.2) is 4.98 Å². The monoisotopic (exact) mass is 348 g/mol. The zero-order valence-electron chi connectivity index (χ0n) is 13.9. The third-order valence-electron chi connectivity index (χ3n) is 5.47. The summed E-state index contributed by atoms with van der Waals surface area (Å²) in [6.07, 6.45) is 4.79. The third kappa shape index (κ3) is 3.14. The predicted octanol–water partition coefficient (Wildman–Crippen LogP) is 2.22. The summed E-state index contributed by atoms with van der Waals surface area (Å²) in [5.41, 5.74) is -0.187. The van der Waals surface area contributed by atoms with Crippen LogP contribution in [0.1, 0.15) is 19.3 Å². The molecule has 3 fully saturated rings. The van der Waals surface area contributed by atoms with Gasteiger partial charge in [-0.3, -0.25) is 4.79 Å². The molecule has 0 radical (unpaired) electrons. The van der Waals surface area contributed by atoms with Crippen LogP contribution in [-0.2, 0) is 9.53 Å². The van der Waals surface area contributed by atoms with Crippen molar-refractivity contribution in [3.8, 4) is 5.88 Å². The number of aromatic nitrogens is 1. The van der Waals surface area contributed by atoms with Gasteiger partial charge in [0.15, 0.2) is 0 Å². The number of hydrogen-bond acceptors (Lipinski definition) is 5. The molecule has 4 heterocycles. The molecule has 3 saturated heterocycles. The van der Waals surface area contributed by atoms with Crippen molar-refractivity contribution in [3.05, 3.63) is 24.4 Å². The molecular weight excluding hydrogens is 324 g/mol. The largest absolute Gasteiger partial charge is 0.477 e. The van der Waals surface area contributed by atoms with Gasteiger partial charge in [-0.2, -0.15) is 11.8 Å². The van der Waals surface area contributed by atoms with Crippen LogP contribution in [0.3, 0.4) is 0 Å². The second-order valence-corrected chi connectivity index (χ2v) is 8.18. The minimum absolute atomic E-state index is 0.187. The van der Waals surface area contributed by atoms with Crippen LogP contribution < -0.4 is 4.74 Å². The Morgan fingerprint density at radius 1 is 1.33 bits per heavy atom. The van der Waals surface area contributed by atoms with Gasteiger partial charge in [-0.05, 0) is 36.8 Å². The summed E-state index contributed by atoms with van der Waals surface area (Å²) >= 11 is 1.96. The number of nitrogens with zero attached hydrogens (tertiary/aromatic N) is 2. The SMILES string of the molecule is O=C(C1CCSCC1)N1CC2(C1)OCC[C@@H]2COc1ccccn1. The zero-order chi connectivity index (χ0) is 16.4. The van der Waals surface area contributed by atoms with E-state index in [1.54, 1.807) is 6.20 Å². The quantitative estimate of drug-likeness (QED) is 0.835. The molecule has 1 aromatic rings. The van der Waals surface area contributed by atoms with E-state index in [1.165, 1.54) is 0 Å². The number of pyridine rings is 1. The van der Waals surface area contributed by atoms with Crippen molar-refractivity contribution >= 4 is 17.7 Å². The van der Waals surface area contributed by atoms with Gasteiger partial charge in [0.2, 0.25) is 11.8 Å². The molecule has 1 amide bonds. The molecule has 5 nitrogen and oxygen atoms in total. The lowest BCUT2D eigenvalue weighted by atomic mass is 9.80. The van der Waals surface area contributed by atoms with Gasteiger partial charge in [0.05, 0.1) is 19.7 Å². The van der Waals surface area contributed by atoms with Crippen molar-refractivity contribution in [3.63, 3.8) is 0 Å². The van der Waals surface area contributed by atoms with Gasteiger partial charge in [0.1, 0.15) is 5.60 Å². The highest BCUT2D eigenvalue weighted by Crippen LogP contribution is 2.41. The van der Waals surface area contributed by atoms with E-state index in [9.17, 15) is 4.79 Å². The van der Waals surface area contributed by atoms with Crippen molar-refractivity contribution in [1.82, 2.24) is 9.88 Å². The van der Waals surface area contributed by atoms with Crippen LogP contribution in [0.15, 0.2) is 24.4 Å². The molecule has 0 aliphatic carbocycles. The third-order valence-corrected chi connectivity index (χ3v) is 6.52. The average Bonchev–Trinajstić information content (AvgIpc) is 3.04. The minimum Gasteiger partial charge on any atom is -0.477 e. The minimum atomic E-state index is -0.187. The highest BCUT2D eigenvalue weighted by molar-refractivity contribution is 7.99. The van der Waals surface area contributed by atoms with E-state index in [0.29, 0.717) is 24.3 Å². The Hall–Kier alpha value is -1.27. The molecule has 1 spiro atoms. The number of rotatable bonds is 4. The fourth-order valence-corrected chi connectivity index (χ4v) is 5.05. The van der Waals surface area contributed by atoms with Crippen molar-refractivity contribution < 1.29 is 14.3 Å². The lowest BCUT2D eigenvalue weighted by Gasteiger charge is -2.51. The molecule has 0 saturated carbocycles. The molecule has 1 atom stereocenters. The maximum Gasteiger partial charge on any atom is 0.225 e. The maximum atomic E-state index is 12.6. The van der Waals surface area contributed by atoms with Crippen molar-refractivity contribution in [2.45, 2.75) is 24.9 Å². The van der Waals surface area contributed by atoms with Gasteiger partial charge >= 0.3 is 0 Å². The Bertz CT molecular complexity index is 571. The van der Waals surface area contributed by atoms with Crippen LogP contribution in [-0.4, -0.2) is 59.2 Å². The van der Waals surface area contributed by atoms with Crippen molar-refractivity contribution in [2.24, 2.45) is 11.8 Å². The van der Waals surface area contributed by atoms with Crippen molar-refractivity contribution in [1.29, 1.82) is 0 Å². The van der Waals surface area contributed by atoms with Crippen LogP contribution in [0.4, 0.5) is 0 Å². The summed E-state index contributed by atoms with van der Waals surface area (Å²) in [6.45, 7) is 2.83. The summed E-state index contributed by atoms with van der Waals surface area (Å²) in [6, 6.07) is 5.68. The fourth-order valence-electron chi connectivity index (χ4n) is 3.95. The van der Waals surface area contributed by atoms with Gasteiger partial charge in [-0.1, -0.05) is 6.07 Å². The van der Waals surface area contributed by atoms with Crippen LogP contribution in [0, 0.1) is 11.8 Å². The Kier molecular flexibility index (Phi) is 4.68. The predicted molar refractivity (Wildman–Crippen MR) is 93.2 cm³/mol. The number of thioether (sulfide) groups is 1. The summed E-state index contributed by atoms with van der Waals surface area (Å²) in [4.78, 5) is 18.8. The Balaban J connectivity index is 1.31. The van der Waals surface area contributed by atoms with Crippen LogP contribution in [0.2, 0.25) is 0 Å². The molecule has 3 aliphatic rings.